The first-order valence-electron chi connectivity index (χ1n) is 6.19. The van der Waals surface area contributed by atoms with Gasteiger partial charge in [-0.1, -0.05) is 6.42 Å². The lowest BCUT2D eigenvalue weighted by Gasteiger charge is -2.33. The van der Waals surface area contributed by atoms with Crippen molar-refractivity contribution in [1.82, 2.24) is 5.43 Å². The molecule has 0 spiro atoms. The van der Waals surface area contributed by atoms with Gasteiger partial charge in [-0.05, 0) is 31.2 Å². The second kappa shape index (κ2) is 5.42. The SMILES string of the molecule is CS(=O)(=O)C1CCCC(C(NN)c2ccoc2)C1. The largest absolute Gasteiger partial charge is 0.472 e. The van der Waals surface area contributed by atoms with Gasteiger partial charge >= 0.3 is 0 Å². The van der Waals surface area contributed by atoms with Crippen LogP contribution >= 0.6 is 0 Å². The minimum Gasteiger partial charge on any atom is -0.472 e. The lowest BCUT2D eigenvalue weighted by molar-refractivity contribution is 0.273. The Balaban J connectivity index is 2.12. The van der Waals surface area contributed by atoms with Crippen molar-refractivity contribution < 1.29 is 12.8 Å². The number of hydrogen-bond donors (Lipinski definition) is 2. The molecule has 0 amide bonds. The molecule has 102 valence electrons. The molecule has 0 aromatic carbocycles. The van der Waals surface area contributed by atoms with Gasteiger partial charge in [-0.3, -0.25) is 11.3 Å². The molecular formula is C12H20N2O3S. The molecule has 3 N–H and O–H groups in total. The van der Waals surface area contributed by atoms with E-state index in [2.05, 4.69) is 5.43 Å². The normalized spacial score (nSPS) is 27.0. The van der Waals surface area contributed by atoms with Crippen molar-refractivity contribution >= 4 is 9.84 Å². The van der Waals surface area contributed by atoms with Crippen LogP contribution in [0.25, 0.3) is 0 Å². The van der Waals surface area contributed by atoms with Crippen LogP contribution in [0.3, 0.4) is 0 Å². The molecular weight excluding hydrogens is 252 g/mol. The molecule has 1 fully saturated rings. The molecule has 0 radical (unpaired) electrons. The van der Waals surface area contributed by atoms with E-state index in [-0.39, 0.29) is 17.2 Å². The summed E-state index contributed by atoms with van der Waals surface area (Å²) in [5.41, 5.74) is 3.77. The smallest absolute Gasteiger partial charge is 0.150 e. The highest BCUT2D eigenvalue weighted by molar-refractivity contribution is 7.91. The Bertz CT molecular complexity index is 470. The van der Waals surface area contributed by atoms with E-state index in [9.17, 15) is 8.42 Å². The molecule has 5 nitrogen and oxygen atoms in total. The van der Waals surface area contributed by atoms with Crippen LogP contribution in [0.5, 0.6) is 0 Å². The third-order valence-electron chi connectivity index (χ3n) is 3.83. The van der Waals surface area contributed by atoms with E-state index in [1.165, 1.54) is 6.26 Å². The zero-order valence-electron chi connectivity index (χ0n) is 10.5. The van der Waals surface area contributed by atoms with E-state index < -0.39 is 9.84 Å². The molecule has 18 heavy (non-hydrogen) atoms. The number of hydrazine groups is 1. The van der Waals surface area contributed by atoms with Crippen molar-refractivity contribution in [3.8, 4) is 0 Å². The molecule has 3 unspecified atom stereocenters. The number of hydrogen-bond acceptors (Lipinski definition) is 5. The van der Waals surface area contributed by atoms with Gasteiger partial charge in [-0.15, -0.1) is 0 Å². The van der Waals surface area contributed by atoms with Crippen LogP contribution in [0.15, 0.2) is 23.0 Å². The van der Waals surface area contributed by atoms with Crippen molar-refractivity contribution in [3.63, 3.8) is 0 Å². The van der Waals surface area contributed by atoms with Crippen molar-refractivity contribution in [2.24, 2.45) is 11.8 Å². The van der Waals surface area contributed by atoms with E-state index in [4.69, 9.17) is 10.3 Å². The van der Waals surface area contributed by atoms with E-state index in [0.717, 1.165) is 24.8 Å². The Labute approximate surface area is 108 Å². The first-order valence-corrected chi connectivity index (χ1v) is 8.15. The van der Waals surface area contributed by atoms with Crippen LogP contribution in [0, 0.1) is 5.92 Å². The Morgan fingerprint density at radius 1 is 1.50 bits per heavy atom. The zero-order chi connectivity index (χ0) is 13.2. The summed E-state index contributed by atoms with van der Waals surface area (Å²) in [7, 11) is -2.96. The topological polar surface area (TPSA) is 85.3 Å². The molecule has 2 rings (SSSR count). The fraction of sp³-hybridized carbons (Fsp3) is 0.667. The molecule has 1 aliphatic rings. The summed E-state index contributed by atoms with van der Waals surface area (Å²) in [6, 6.07) is 1.84. The van der Waals surface area contributed by atoms with Crippen LogP contribution in [-0.4, -0.2) is 19.9 Å². The summed E-state index contributed by atoms with van der Waals surface area (Å²) in [6.45, 7) is 0. The highest BCUT2D eigenvalue weighted by atomic mass is 32.2. The number of nitrogens with one attached hydrogen (secondary N) is 1. The predicted molar refractivity (Wildman–Crippen MR) is 69.4 cm³/mol. The van der Waals surface area contributed by atoms with Gasteiger partial charge in [0.2, 0.25) is 0 Å². The maximum Gasteiger partial charge on any atom is 0.150 e. The Morgan fingerprint density at radius 3 is 2.83 bits per heavy atom. The molecule has 1 saturated carbocycles. The van der Waals surface area contributed by atoms with Crippen molar-refractivity contribution in [1.29, 1.82) is 0 Å². The molecule has 1 aromatic rings. The Morgan fingerprint density at radius 2 is 2.28 bits per heavy atom. The third kappa shape index (κ3) is 2.93. The van der Waals surface area contributed by atoms with Crippen LogP contribution in [0.4, 0.5) is 0 Å². The summed E-state index contributed by atoms with van der Waals surface area (Å²) in [5, 5.41) is -0.237. The van der Waals surface area contributed by atoms with Gasteiger partial charge in [0.1, 0.15) is 9.84 Å². The third-order valence-corrected chi connectivity index (χ3v) is 5.46. The van der Waals surface area contributed by atoms with Crippen LogP contribution < -0.4 is 11.3 Å². The first-order chi connectivity index (χ1) is 8.52. The van der Waals surface area contributed by atoms with E-state index in [0.29, 0.717) is 6.42 Å². The van der Waals surface area contributed by atoms with Gasteiger partial charge in [0, 0.05) is 11.8 Å². The molecule has 0 aliphatic heterocycles. The molecule has 3 atom stereocenters. The first kappa shape index (κ1) is 13.6. The minimum atomic E-state index is -2.96. The van der Waals surface area contributed by atoms with Crippen molar-refractivity contribution in [2.75, 3.05) is 6.26 Å². The van der Waals surface area contributed by atoms with Gasteiger partial charge < -0.3 is 4.42 Å². The molecule has 1 heterocycles. The van der Waals surface area contributed by atoms with E-state index >= 15 is 0 Å². The average Bonchev–Trinajstić information content (AvgIpc) is 2.83. The van der Waals surface area contributed by atoms with Crippen LogP contribution in [0.1, 0.15) is 37.3 Å². The maximum atomic E-state index is 11.7. The summed E-state index contributed by atoms with van der Waals surface area (Å²) < 4.78 is 28.4. The van der Waals surface area contributed by atoms with Gasteiger partial charge in [0.25, 0.3) is 0 Å². The number of nitrogens with two attached hydrogens (primary N) is 1. The minimum absolute atomic E-state index is 0.0340. The predicted octanol–water partition coefficient (Wildman–Crippen LogP) is 1.39. The average molecular weight is 272 g/mol. The standard InChI is InChI=1S/C12H20N2O3S/c1-18(15,16)11-4-2-3-9(7-11)12(14-13)10-5-6-17-8-10/h5-6,8-9,11-12,14H,2-4,7,13H2,1H3. The zero-order valence-corrected chi connectivity index (χ0v) is 11.3. The number of sulfone groups is 1. The summed E-state index contributed by atoms with van der Waals surface area (Å²) >= 11 is 0. The highest BCUT2D eigenvalue weighted by Crippen LogP contribution is 2.36. The summed E-state index contributed by atoms with van der Waals surface area (Å²) in [5.74, 6) is 5.85. The lowest BCUT2D eigenvalue weighted by Crippen LogP contribution is -2.38. The van der Waals surface area contributed by atoms with Gasteiger partial charge in [0.05, 0.1) is 23.8 Å². The van der Waals surface area contributed by atoms with Gasteiger partial charge in [-0.25, -0.2) is 8.42 Å². The van der Waals surface area contributed by atoms with Gasteiger partial charge in [0.15, 0.2) is 0 Å². The Kier molecular flexibility index (Phi) is 4.09. The number of furan rings is 1. The summed E-state index contributed by atoms with van der Waals surface area (Å²) in [4.78, 5) is 0. The van der Waals surface area contributed by atoms with Crippen molar-refractivity contribution in [3.05, 3.63) is 24.2 Å². The molecule has 0 bridgehead atoms. The lowest BCUT2D eigenvalue weighted by atomic mass is 9.82. The van der Waals surface area contributed by atoms with E-state index in [1.807, 2.05) is 6.07 Å². The molecule has 0 saturated heterocycles. The van der Waals surface area contributed by atoms with E-state index in [1.54, 1.807) is 12.5 Å². The van der Waals surface area contributed by atoms with Crippen LogP contribution in [-0.2, 0) is 9.84 Å². The molecule has 6 heteroatoms. The summed E-state index contributed by atoms with van der Waals surface area (Å²) in [6.07, 6.45) is 7.94. The maximum absolute atomic E-state index is 11.7. The second-order valence-corrected chi connectivity index (χ2v) is 7.40. The fourth-order valence-corrected chi connectivity index (χ4v) is 4.02. The van der Waals surface area contributed by atoms with Crippen LogP contribution in [0.2, 0.25) is 0 Å². The molecule has 1 aliphatic carbocycles. The second-order valence-electron chi connectivity index (χ2n) is 5.08. The highest BCUT2D eigenvalue weighted by Gasteiger charge is 2.33. The Hall–Kier alpha value is -0.850. The quantitative estimate of drug-likeness (QED) is 0.639. The fourth-order valence-electron chi connectivity index (χ4n) is 2.83. The van der Waals surface area contributed by atoms with Gasteiger partial charge in [-0.2, -0.15) is 0 Å². The number of rotatable bonds is 4. The monoisotopic (exact) mass is 272 g/mol. The van der Waals surface area contributed by atoms with Crippen molar-refractivity contribution in [2.45, 2.75) is 37.0 Å². The molecule has 1 aromatic heterocycles.